The van der Waals surface area contributed by atoms with Crippen LogP contribution in [0.5, 0.6) is 0 Å². The lowest BCUT2D eigenvalue weighted by molar-refractivity contribution is 0.977. The van der Waals surface area contributed by atoms with Crippen LogP contribution in [-0.2, 0) is 6.42 Å². The number of aromatic amines is 1. The van der Waals surface area contributed by atoms with Gasteiger partial charge in [-0.2, -0.15) is 0 Å². The lowest BCUT2D eigenvalue weighted by atomic mass is 10.2. The molecule has 3 rings (SSSR count). The van der Waals surface area contributed by atoms with Crippen molar-refractivity contribution in [1.82, 2.24) is 15.0 Å². The molecule has 3 nitrogen and oxygen atoms in total. The van der Waals surface area contributed by atoms with Gasteiger partial charge in [0.05, 0.1) is 11.9 Å². The van der Waals surface area contributed by atoms with Crippen LogP contribution in [0.15, 0.2) is 48.8 Å². The van der Waals surface area contributed by atoms with E-state index in [0.29, 0.717) is 16.5 Å². The van der Waals surface area contributed by atoms with Crippen LogP contribution in [0.1, 0.15) is 11.5 Å². The van der Waals surface area contributed by atoms with E-state index in [0.717, 1.165) is 22.8 Å². The summed E-state index contributed by atoms with van der Waals surface area (Å²) in [5.74, 6) is 0.856. The van der Waals surface area contributed by atoms with Gasteiger partial charge < -0.3 is 4.98 Å². The first-order valence-corrected chi connectivity index (χ1v) is 6.86. The van der Waals surface area contributed by atoms with E-state index in [1.165, 1.54) is 0 Å². The van der Waals surface area contributed by atoms with Gasteiger partial charge >= 0.3 is 0 Å². The van der Waals surface area contributed by atoms with Gasteiger partial charge in [0.25, 0.3) is 0 Å². The summed E-state index contributed by atoms with van der Waals surface area (Å²) >= 11 is 12.0. The van der Waals surface area contributed by atoms with E-state index in [4.69, 9.17) is 23.2 Å². The minimum Gasteiger partial charge on any atom is -0.342 e. The van der Waals surface area contributed by atoms with Gasteiger partial charge in [-0.25, -0.2) is 4.98 Å². The van der Waals surface area contributed by atoms with Crippen LogP contribution in [0, 0.1) is 0 Å². The van der Waals surface area contributed by atoms with Crippen LogP contribution >= 0.6 is 23.2 Å². The van der Waals surface area contributed by atoms with Crippen LogP contribution < -0.4 is 0 Å². The first kappa shape index (κ1) is 13.2. The Morgan fingerprint density at radius 1 is 1.00 bits per heavy atom. The Morgan fingerprint density at radius 2 is 1.80 bits per heavy atom. The molecule has 0 unspecified atom stereocenters. The zero-order valence-electron chi connectivity index (χ0n) is 10.5. The Labute approximate surface area is 126 Å². The van der Waals surface area contributed by atoms with Gasteiger partial charge in [-0.15, -0.1) is 0 Å². The second kappa shape index (κ2) is 5.65. The number of aromatic nitrogens is 3. The molecule has 0 aliphatic rings. The molecule has 0 radical (unpaired) electrons. The summed E-state index contributed by atoms with van der Waals surface area (Å²) in [7, 11) is 0. The molecule has 2 aromatic heterocycles. The number of pyridine rings is 1. The Hall–Kier alpha value is -1.84. The molecule has 0 saturated carbocycles. The van der Waals surface area contributed by atoms with Gasteiger partial charge in [0.15, 0.2) is 0 Å². The second-order valence-corrected chi connectivity index (χ2v) is 5.27. The summed E-state index contributed by atoms with van der Waals surface area (Å²) in [6.45, 7) is 0. The highest BCUT2D eigenvalue weighted by molar-refractivity contribution is 6.35. The maximum atomic E-state index is 6.01. The normalized spacial score (nSPS) is 10.7. The maximum absolute atomic E-state index is 6.01. The van der Waals surface area contributed by atoms with Crippen LogP contribution in [0.2, 0.25) is 10.0 Å². The van der Waals surface area contributed by atoms with Gasteiger partial charge in [-0.3, -0.25) is 4.98 Å². The number of H-pyrrole nitrogens is 1. The molecule has 1 aromatic carbocycles. The smallest absolute Gasteiger partial charge is 0.112 e. The molecule has 0 bridgehead atoms. The Kier molecular flexibility index (Phi) is 3.72. The molecule has 0 spiro atoms. The van der Waals surface area contributed by atoms with E-state index in [9.17, 15) is 0 Å². The first-order chi connectivity index (χ1) is 9.70. The molecule has 3 aromatic rings. The van der Waals surface area contributed by atoms with Crippen molar-refractivity contribution in [2.24, 2.45) is 0 Å². The van der Waals surface area contributed by atoms with E-state index in [-0.39, 0.29) is 0 Å². The van der Waals surface area contributed by atoms with Crippen molar-refractivity contribution in [2.75, 3.05) is 0 Å². The van der Waals surface area contributed by atoms with E-state index in [1.807, 2.05) is 30.3 Å². The highest BCUT2D eigenvalue weighted by Crippen LogP contribution is 2.26. The molecule has 20 heavy (non-hydrogen) atoms. The fourth-order valence-electron chi connectivity index (χ4n) is 1.98. The van der Waals surface area contributed by atoms with Gasteiger partial charge in [0.2, 0.25) is 0 Å². The Morgan fingerprint density at radius 3 is 2.50 bits per heavy atom. The van der Waals surface area contributed by atoms with Crippen LogP contribution in [0.25, 0.3) is 11.3 Å². The zero-order valence-corrected chi connectivity index (χ0v) is 12.0. The molecular weight excluding hydrogens is 293 g/mol. The monoisotopic (exact) mass is 303 g/mol. The number of halogens is 2. The fraction of sp³-hybridized carbons (Fsp3) is 0.0667. The lowest BCUT2D eigenvalue weighted by Crippen LogP contribution is -1.93. The molecular formula is C15H11Cl2N3. The number of nitrogens with zero attached hydrogens (tertiary/aromatic N) is 2. The number of rotatable bonds is 3. The van der Waals surface area contributed by atoms with Crippen LogP contribution in [0.4, 0.5) is 0 Å². The average molecular weight is 304 g/mol. The van der Waals surface area contributed by atoms with Crippen molar-refractivity contribution >= 4 is 23.2 Å². The number of nitrogens with one attached hydrogen (secondary N) is 1. The number of hydrogen-bond acceptors (Lipinski definition) is 2. The number of imidazole rings is 1. The fourth-order valence-corrected chi connectivity index (χ4v) is 2.51. The van der Waals surface area contributed by atoms with Gasteiger partial charge in [0, 0.05) is 33.9 Å². The first-order valence-electron chi connectivity index (χ1n) is 6.11. The van der Waals surface area contributed by atoms with Gasteiger partial charge in [-0.1, -0.05) is 29.3 Å². The Balaban J connectivity index is 1.86. The van der Waals surface area contributed by atoms with E-state index in [2.05, 4.69) is 15.0 Å². The molecule has 0 amide bonds. The second-order valence-electron chi connectivity index (χ2n) is 4.40. The van der Waals surface area contributed by atoms with Crippen molar-refractivity contribution < 1.29 is 0 Å². The van der Waals surface area contributed by atoms with Crippen LogP contribution in [-0.4, -0.2) is 15.0 Å². The minimum atomic E-state index is 0.605. The van der Waals surface area contributed by atoms with Crippen molar-refractivity contribution in [1.29, 1.82) is 0 Å². The SMILES string of the molecule is Clc1cc(Cl)cc(-c2cnc(Cc3ccccn3)[nH]2)c1. The zero-order chi connectivity index (χ0) is 13.9. The highest BCUT2D eigenvalue weighted by atomic mass is 35.5. The minimum absolute atomic E-state index is 0.605. The van der Waals surface area contributed by atoms with Crippen molar-refractivity contribution in [2.45, 2.75) is 6.42 Å². The van der Waals surface area contributed by atoms with Gasteiger partial charge in [-0.05, 0) is 30.3 Å². The third-order valence-corrected chi connectivity index (χ3v) is 3.31. The summed E-state index contributed by atoms with van der Waals surface area (Å²) in [6.07, 6.45) is 4.21. The van der Waals surface area contributed by atoms with E-state index < -0.39 is 0 Å². The summed E-state index contributed by atoms with van der Waals surface area (Å²) in [6, 6.07) is 11.2. The molecule has 5 heteroatoms. The molecule has 0 aliphatic carbocycles. The molecule has 2 heterocycles. The average Bonchev–Trinajstić information content (AvgIpc) is 2.87. The third kappa shape index (κ3) is 3.00. The summed E-state index contributed by atoms with van der Waals surface area (Å²) in [5.41, 5.74) is 2.78. The van der Waals surface area contributed by atoms with Gasteiger partial charge in [0.1, 0.15) is 5.82 Å². The number of benzene rings is 1. The van der Waals surface area contributed by atoms with E-state index in [1.54, 1.807) is 18.5 Å². The number of hydrogen-bond donors (Lipinski definition) is 1. The lowest BCUT2D eigenvalue weighted by Gasteiger charge is -2.00. The topological polar surface area (TPSA) is 41.6 Å². The molecule has 0 aliphatic heterocycles. The molecule has 1 N–H and O–H groups in total. The largest absolute Gasteiger partial charge is 0.342 e. The van der Waals surface area contributed by atoms with E-state index >= 15 is 0 Å². The predicted octanol–water partition coefficient (Wildman–Crippen LogP) is 4.37. The summed E-state index contributed by atoms with van der Waals surface area (Å²) in [4.78, 5) is 11.9. The van der Waals surface area contributed by atoms with Crippen molar-refractivity contribution in [3.8, 4) is 11.3 Å². The predicted molar refractivity (Wildman–Crippen MR) is 81.1 cm³/mol. The molecule has 0 atom stereocenters. The molecule has 0 saturated heterocycles. The Bertz CT molecular complexity index is 703. The quantitative estimate of drug-likeness (QED) is 0.780. The van der Waals surface area contributed by atoms with Crippen molar-refractivity contribution in [3.05, 3.63) is 70.4 Å². The molecule has 0 fully saturated rings. The summed E-state index contributed by atoms with van der Waals surface area (Å²) < 4.78 is 0. The van der Waals surface area contributed by atoms with Crippen LogP contribution in [0.3, 0.4) is 0 Å². The third-order valence-electron chi connectivity index (χ3n) is 2.88. The molecule has 100 valence electrons. The highest BCUT2D eigenvalue weighted by Gasteiger charge is 2.06. The summed E-state index contributed by atoms with van der Waals surface area (Å²) in [5, 5.41) is 1.21. The standard InChI is InChI=1S/C15H11Cl2N3/c16-11-5-10(6-12(17)7-11)14-9-19-15(20-14)8-13-3-1-2-4-18-13/h1-7,9H,8H2,(H,19,20). The maximum Gasteiger partial charge on any atom is 0.112 e. The van der Waals surface area contributed by atoms with Crippen molar-refractivity contribution in [3.63, 3.8) is 0 Å².